The molecule has 1 aromatic rings. The molecule has 0 spiro atoms. The lowest BCUT2D eigenvalue weighted by Gasteiger charge is -2.19. The molecule has 0 aliphatic heterocycles. The lowest BCUT2D eigenvalue weighted by Crippen LogP contribution is -2.37. The molecule has 1 aliphatic rings. The fourth-order valence-electron chi connectivity index (χ4n) is 2.47. The predicted octanol–water partition coefficient (Wildman–Crippen LogP) is 2.46. The third-order valence-electron chi connectivity index (χ3n) is 3.51. The smallest absolute Gasteiger partial charge is 0.341 e. The molecule has 0 radical (unpaired) electrons. The Morgan fingerprint density at radius 3 is 2.38 bits per heavy atom. The summed E-state index contributed by atoms with van der Waals surface area (Å²) in [5, 5.41) is 11.6. The Bertz CT molecular complexity index is 518. The van der Waals surface area contributed by atoms with Gasteiger partial charge >= 0.3 is 5.97 Å². The number of aliphatic carboxylic acids is 1. The van der Waals surface area contributed by atoms with Crippen LogP contribution in [0, 0.1) is 5.92 Å². The first-order chi connectivity index (χ1) is 9.90. The molecular formula is C16H21NO4. The Hall–Kier alpha value is -2.04. The van der Waals surface area contributed by atoms with Crippen molar-refractivity contribution in [1.82, 2.24) is 5.32 Å². The van der Waals surface area contributed by atoms with Gasteiger partial charge in [0.1, 0.15) is 5.75 Å². The van der Waals surface area contributed by atoms with Crippen molar-refractivity contribution in [3.05, 3.63) is 29.8 Å². The highest BCUT2D eigenvalue weighted by molar-refractivity contribution is 5.95. The minimum absolute atomic E-state index is 0.0241. The number of rotatable bonds is 7. The average Bonchev–Trinajstić information content (AvgIpc) is 3.15. The second-order valence-corrected chi connectivity index (χ2v) is 6.04. The summed E-state index contributed by atoms with van der Waals surface area (Å²) in [4.78, 5) is 22.6. The molecular weight excluding hydrogens is 270 g/mol. The van der Waals surface area contributed by atoms with Gasteiger partial charge in [0.25, 0.3) is 5.91 Å². The van der Waals surface area contributed by atoms with Gasteiger partial charge in [-0.3, -0.25) is 4.79 Å². The third kappa shape index (κ3) is 4.48. The fraction of sp³-hybridized carbons (Fsp3) is 0.500. The van der Waals surface area contributed by atoms with Crippen LogP contribution in [0.15, 0.2) is 24.3 Å². The van der Waals surface area contributed by atoms with E-state index >= 15 is 0 Å². The Morgan fingerprint density at radius 2 is 1.90 bits per heavy atom. The molecule has 21 heavy (non-hydrogen) atoms. The average molecular weight is 291 g/mol. The molecule has 1 amide bonds. The first kappa shape index (κ1) is 15.4. The van der Waals surface area contributed by atoms with E-state index in [9.17, 15) is 9.59 Å². The molecule has 2 rings (SSSR count). The van der Waals surface area contributed by atoms with Gasteiger partial charge in [-0.05, 0) is 49.4 Å². The number of benzene rings is 1. The summed E-state index contributed by atoms with van der Waals surface area (Å²) in [5.41, 5.74) is 0.539. The van der Waals surface area contributed by atoms with Crippen molar-refractivity contribution in [3.63, 3.8) is 0 Å². The van der Waals surface area contributed by atoms with Crippen molar-refractivity contribution < 1.29 is 19.4 Å². The number of ether oxygens (including phenoxy) is 1. The Labute approximate surface area is 124 Å². The molecule has 0 saturated heterocycles. The monoisotopic (exact) mass is 291 g/mol. The van der Waals surface area contributed by atoms with Gasteiger partial charge in [0.2, 0.25) is 0 Å². The molecule has 1 fully saturated rings. The summed E-state index contributed by atoms with van der Waals surface area (Å²) in [5.74, 6) is -0.115. The van der Waals surface area contributed by atoms with Gasteiger partial charge in [-0.2, -0.15) is 0 Å². The van der Waals surface area contributed by atoms with Crippen LogP contribution in [0.25, 0.3) is 0 Å². The minimum atomic E-state index is -1.03. The predicted molar refractivity (Wildman–Crippen MR) is 78.5 cm³/mol. The summed E-state index contributed by atoms with van der Waals surface area (Å²) in [7, 11) is 0. The Morgan fingerprint density at radius 1 is 1.29 bits per heavy atom. The largest absolute Gasteiger partial charge is 0.482 e. The second kappa shape index (κ2) is 6.16. The first-order valence-corrected chi connectivity index (χ1v) is 7.17. The summed E-state index contributed by atoms with van der Waals surface area (Å²) in [6, 6.07) is 6.52. The third-order valence-corrected chi connectivity index (χ3v) is 3.51. The van der Waals surface area contributed by atoms with Crippen LogP contribution in [0.4, 0.5) is 0 Å². The number of hydrogen-bond acceptors (Lipinski definition) is 3. The van der Waals surface area contributed by atoms with Crippen molar-refractivity contribution in [2.45, 2.75) is 38.6 Å². The van der Waals surface area contributed by atoms with Crippen LogP contribution >= 0.6 is 0 Å². The summed E-state index contributed by atoms with van der Waals surface area (Å²) in [6.07, 6.45) is 3.08. The van der Waals surface area contributed by atoms with Gasteiger partial charge in [0, 0.05) is 11.1 Å². The van der Waals surface area contributed by atoms with Gasteiger partial charge < -0.3 is 15.2 Å². The van der Waals surface area contributed by atoms with E-state index in [1.807, 2.05) is 0 Å². The van der Waals surface area contributed by atoms with E-state index in [4.69, 9.17) is 9.84 Å². The topological polar surface area (TPSA) is 75.6 Å². The van der Waals surface area contributed by atoms with Crippen molar-refractivity contribution in [2.24, 2.45) is 5.92 Å². The van der Waals surface area contributed by atoms with Crippen LogP contribution in [-0.2, 0) is 4.79 Å². The van der Waals surface area contributed by atoms with E-state index in [2.05, 4.69) is 19.2 Å². The maximum absolute atomic E-state index is 12.2. The van der Waals surface area contributed by atoms with Crippen molar-refractivity contribution in [2.75, 3.05) is 6.61 Å². The molecule has 1 aromatic carbocycles. The van der Waals surface area contributed by atoms with Crippen molar-refractivity contribution in [1.29, 1.82) is 0 Å². The zero-order valence-electron chi connectivity index (χ0n) is 12.4. The number of nitrogens with one attached hydrogen (secondary N) is 1. The number of amides is 1. The normalized spacial score (nSPS) is 15.6. The van der Waals surface area contributed by atoms with E-state index in [1.165, 1.54) is 0 Å². The van der Waals surface area contributed by atoms with E-state index in [-0.39, 0.29) is 18.1 Å². The number of carbonyl (C=O) groups excluding carboxylic acids is 1. The maximum Gasteiger partial charge on any atom is 0.341 e. The highest BCUT2D eigenvalue weighted by Gasteiger charge is 2.44. The summed E-state index contributed by atoms with van der Waals surface area (Å²) >= 11 is 0. The lowest BCUT2D eigenvalue weighted by molar-refractivity contribution is -0.139. The van der Waals surface area contributed by atoms with Crippen LogP contribution in [-0.4, -0.2) is 29.1 Å². The molecule has 0 unspecified atom stereocenters. The Kier molecular flexibility index (Phi) is 4.50. The van der Waals surface area contributed by atoms with Crippen LogP contribution in [0.1, 0.15) is 43.5 Å². The zero-order chi connectivity index (χ0) is 15.5. The molecule has 0 bridgehead atoms. The number of carboxylic acids is 1. The molecule has 0 heterocycles. The molecule has 2 N–H and O–H groups in total. The molecule has 114 valence electrons. The molecule has 1 saturated carbocycles. The van der Waals surface area contributed by atoms with Crippen molar-refractivity contribution in [3.8, 4) is 5.75 Å². The van der Waals surface area contributed by atoms with Crippen LogP contribution in [0.2, 0.25) is 0 Å². The quantitative estimate of drug-likeness (QED) is 0.809. The van der Waals surface area contributed by atoms with E-state index in [0.29, 0.717) is 17.2 Å². The lowest BCUT2D eigenvalue weighted by atomic mass is 10.0. The second-order valence-electron chi connectivity index (χ2n) is 6.04. The highest BCUT2D eigenvalue weighted by atomic mass is 16.5. The van der Waals surface area contributed by atoms with Crippen LogP contribution in [0.3, 0.4) is 0 Å². The number of carboxylic acid groups (broad SMARTS) is 1. The minimum Gasteiger partial charge on any atom is -0.482 e. The van der Waals surface area contributed by atoms with E-state index < -0.39 is 5.97 Å². The van der Waals surface area contributed by atoms with Crippen LogP contribution < -0.4 is 10.1 Å². The van der Waals surface area contributed by atoms with Gasteiger partial charge in [0.15, 0.2) is 6.61 Å². The van der Waals surface area contributed by atoms with Gasteiger partial charge in [-0.15, -0.1) is 0 Å². The van der Waals surface area contributed by atoms with Crippen molar-refractivity contribution >= 4 is 11.9 Å². The van der Waals surface area contributed by atoms with Crippen LogP contribution in [0.5, 0.6) is 5.75 Å². The number of hydrogen-bond donors (Lipinski definition) is 2. The standard InChI is InChI=1S/C16H21NO4/c1-11(2)9-16(7-8-16)17-15(20)12-3-5-13(6-4-12)21-10-14(18)19/h3-6,11H,7-10H2,1-2H3,(H,17,20)(H,18,19). The number of carbonyl (C=O) groups is 2. The fourth-order valence-corrected chi connectivity index (χ4v) is 2.47. The maximum atomic E-state index is 12.2. The molecule has 0 atom stereocenters. The van der Waals surface area contributed by atoms with E-state index in [1.54, 1.807) is 24.3 Å². The zero-order valence-corrected chi connectivity index (χ0v) is 12.4. The molecule has 1 aliphatic carbocycles. The molecule has 5 heteroatoms. The van der Waals surface area contributed by atoms with Gasteiger partial charge in [-0.25, -0.2) is 4.79 Å². The molecule has 0 aromatic heterocycles. The SMILES string of the molecule is CC(C)CC1(NC(=O)c2ccc(OCC(=O)O)cc2)CC1. The summed E-state index contributed by atoms with van der Waals surface area (Å²) in [6.45, 7) is 3.92. The van der Waals surface area contributed by atoms with Gasteiger partial charge in [-0.1, -0.05) is 13.8 Å². The Balaban J connectivity index is 1.92. The highest BCUT2D eigenvalue weighted by Crippen LogP contribution is 2.41. The van der Waals surface area contributed by atoms with E-state index in [0.717, 1.165) is 19.3 Å². The summed E-state index contributed by atoms with van der Waals surface area (Å²) < 4.78 is 5.04. The van der Waals surface area contributed by atoms with Gasteiger partial charge in [0.05, 0.1) is 0 Å². The first-order valence-electron chi connectivity index (χ1n) is 7.17. The molecule has 5 nitrogen and oxygen atoms in total.